The molecule has 1 unspecified atom stereocenters. The predicted molar refractivity (Wildman–Crippen MR) is 88.6 cm³/mol. The molecule has 1 N–H and O–H groups in total. The highest BCUT2D eigenvalue weighted by molar-refractivity contribution is 9.10. The van der Waals surface area contributed by atoms with Crippen LogP contribution in [-0.2, 0) is 17.9 Å². The first-order chi connectivity index (χ1) is 10.4. The molecule has 0 bridgehead atoms. The van der Waals surface area contributed by atoms with Crippen LogP contribution in [0.4, 0.5) is 0 Å². The molecule has 120 valence electrons. The van der Waals surface area contributed by atoms with Crippen molar-refractivity contribution in [1.82, 2.24) is 24.9 Å². The molecule has 0 aliphatic rings. The highest BCUT2D eigenvalue weighted by atomic mass is 79.9. The van der Waals surface area contributed by atoms with E-state index in [0.29, 0.717) is 6.54 Å². The summed E-state index contributed by atoms with van der Waals surface area (Å²) < 4.78 is 4.62. The molecule has 6 nitrogen and oxygen atoms in total. The van der Waals surface area contributed by atoms with Crippen molar-refractivity contribution in [2.75, 3.05) is 0 Å². The lowest BCUT2D eigenvalue weighted by Crippen LogP contribution is -2.31. The average molecular weight is 368 g/mol. The van der Waals surface area contributed by atoms with Crippen LogP contribution in [0.2, 0.25) is 0 Å². The Labute approximate surface area is 139 Å². The second-order valence-corrected chi connectivity index (χ2v) is 6.19. The molecule has 0 spiro atoms. The SMILES string of the molecule is CCn1ncc(CNC(=O)C(C)n2nc(C)c(Br)c2C)c1C. The Hall–Kier alpha value is -1.63. The van der Waals surface area contributed by atoms with Crippen LogP contribution >= 0.6 is 15.9 Å². The first-order valence-electron chi connectivity index (χ1n) is 7.37. The van der Waals surface area contributed by atoms with Gasteiger partial charge in [-0.15, -0.1) is 0 Å². The summed E-state index contributed by atoms with van der Waals surface area (Å²) >= 11 is 3.49. The third-order valence-corrected chi connectivity index (χ3v) is 5.09. The first-order valence-corrected chi connectivity index (χ1v) is 8.16. The van der Waals surface area contributed by atoms with Crippen LogP contribution in [0, 0.1) is 20.8 Å². The van der Waals surface area contributed by atoms with Crippen LogP contribution in [-0.4, -0.2) is 25.5 Å². The number of hydrogen-bond donors (Lipinski definition) is 1. The highest BCUT2D eigenvalue weighted by Gasteiger charge is 2.20. The Morgan fingerprint density at radius 3 is 2.55 bits per heavy atom. The quantitative estimate of drug-likeness (QED) is 0.883. The monoisotopic (exact) mass is 367 g/mol. The molecule has 0 saturated heterocycles. The maximum atomic E-state index is 12.4. The van der Waals surface area contributed by atoms with Gasteiger partial charge in [0.15, 0.2) is 0 Å². The van der Waals surface area contributed by atoms with Gasteiger partial charge in [0.25, 0.3) is 0 Å². The third kappa shape index (κ3) is 3.09. The Morgan fingerprint density at radius 2 is 2.05 bits per heavy atom. The Morgan fingerprint density at radius 1 is 1.36 bits per heavy atom. The van der Waals surface area contributed by atoms with E-state index in [1.165, 1.54) is 0 Å². The number of nitrogens with zero attached hydrogens (tertiary/aromatic N) is 4. The zero-order valence-corrected chi connectivity index (χ0v) is 15.2. The highest BCUT2D eigenvalue weighted by Crippen LogP contribution is 2.22. The molecule has 2 aromatic heterocycles. The Balaban J connectivity index is 2.05. The molecule has 0 aliphatic carbocycles. The van der Waals surface area contributed by atoms with Crippen molar-refractivity contribution >= 4 is 21.8 Å². The first kappa shape index (κ1) is 16.7. The summed E-state index contributed by atoms with van der Waals surface area (Å²) in [5.41, 5.74) is 3.97. The van der Waals surface area contributed by atoms with Gasteiger partial charge in [-0.25, -0.2) is 0 Å². The second kappa shape index (κ2) is 6.64. The van der Waals surface area contributed by atoms with Crippen molar-refractivity contribution in [2.24, 2.45) is 0 Å². The fourth-order valence-corrected chi connectivity index (χ4v) is 2.70. The molecule has 0 aromatic carbocycles. The van der Waals surface area contributed by atoms with E-state index in [-0.39, 0.29) is 11.9 Å². The largest absolute Gasteiger partial charge is 0.350 e. The van der Waals surface area contributed by atoms with Gasteiger partial charge in [-0.3, -0.25) is 14.2 Å². The van der Waals surface area contributed by atoms with Crippen molar-refractivity contribution in [3.63, 3.8) is 0 Å². The molecule has 1 amide bonds. The van der Waals surface area contributed by atoms with E-state index < -0.39 is 0 Å². The minimum Gasteiger partial charge on any atom is -0.350 e. The van der Waals surface area contributed by atoms with Gasteiger partial charge < -0.3 is 5.32 Å². The molecule has 7 heteroatoms. The number of aromatic nitrogens is 4. The summed E-state index contributed by atoms with van der Waals surface area (Å²) in [4.78, 5) is 12.4. The molecular weight excluding hydrogens is 346 g/mol. The summed E-state index contributed by atoms with van der Waals surface area (Å²) in [5, 5.41) is 11.7. The molecule has 22 heavy (non-hydrogen) atoms. The lowest BCUT2D eigenvalue weighted by Gasteiger charge is -2.14. The average Bonchev–Trinajstić information content (AvgIpc) is 2.99. The Kier molecular flexibility index (Phi) is 5.05. The second-order valence-electron chi connectivity index (χ2n) is 5.39. The topological polar surface area (TPSA) is 64.7 Å². The van der Waals surface area contributed by atoms with Gasteiger partial charge in [-0.05, 0) is 50.5 Å². The van der Waals surface area contributed by atoms with Gasteiger partial charge in [0.05, 0.1) is 22.1 Å². The fourth-order valence-electron chi connectivity index (χ4n) is 2.44. The molecule has 1 atom stereocenters. The number of carbonyl (C=O) groups excluding carboxylic acids is 1. The number of aryl methyl sites for hydroxylation is 2. The van der Waals surface area contributed by atoms with E-state index in [1.54, 1.807) is 4.68 Å². The Bertz CT molecular complexity index is 688. The number of hydrogen-bond acceptors (Lipinski definition) is 3. The smallest absolute Gasteiger partial charge is 0.244 e. The van der Waals surface area contributed by atoms with E-state index in [0.717, 1.165) is 33.7 Å². The maximum absolute atomic E-state index is 12.4. The maximum Gasteiger partial charge on any atom is 0.244 e. The molecule has 0 fully saturated rings. The fraction of sp³-hybridized carbons (Fsp3) is 0.533. The van der Waals surface area contributed by atoms with E-state index in [1.807, 2.05) is 45.5 Å². The zero-order chi connectivity index (χ0) is 16.4. The number of amides is 1. The van der Waals surface area contributed by atoms with Crippen LogP contribution in [0.3, 0.4) is 0 Å². The van der Waals surface area contributed by atoms with E-state index in [4.69, 9.17) is 0 Å². The van der Waals surface area contributed by atoms with Gasteiger partial charge in [0, 0.05) is 24.3 Å². The van der Waals surface area contributed by atoms with E-state index >= 15 is 0 Å². The summed E-state index contributed by atoms with van der Waals surface area (Å²) in [6.45, 7) is 11.1. The normalized spacial score (nSPS) is 12.5. The minimum absolute atomic E-state index is 0.0539. The summed E-state index contributed by atoms with van der Waals surface area (Å²) in [6.07, 6.45) is 1.81. The third-order valence-electron chi connectivity index (χ3n) is 3.94. The lowest BCUT2D eigenvalue weighted by molar-refractivity contribution is -0.124. The van der Waals surface area contributed by atoms with Crippen LogP contribution in [0.25, 0.3) is 0 Å². The number of rotatable bonds is 5. The summed E-state index contributed by atoms with van der Waals surface area (Å²) in [5.74, 6) is -0.0539. The van der Waals surface area contributed by atoms with Crippen LogP contribution < -0.4 is 5.32 Å². The molecular formula is C15H22BrN5O. The van der Waals surface area contributed by atoms with E-state index in [2.05, 4.69) is 31.4 Å². The predicted octanol–water partition coefficient (Wildman–Crippen LogP) is 2.66. The van der Waals surface area contributed by atoms with Crippen LogP contribution in [0.1, 0.15) is 42.5 Å². The molecule has 0 aliphatic heterocycles. The molecule has 2 rings (SSSR count). The zero-order valence-electron chi connectivity index (χ0n) is 13.6. The number of halogens is 1. The number of carbonyl (C=O) groups is 1. The van der Waals surface area contributed by atoms with Crippen molar-refractivity contribution < 1.29 is 4.79 Å². The molecule has 0 radical (unpaired) electrons. The van der Waals surface area contributed by atoms with Gasteiger partial charge in [0.1, 0.15) is 6.04 Å². The van der Waals surface area contributed by atoms with E-state index in [9.17, 15) is 4.79 Å². The summed E-state index contributed by atoms with van der Waals surface area (Å²) in [6, 6.07) is -0.355. The van der Waals surface area contributed by atoms with Crippen LogP contribution in [0.5, 0.6) is 0 Å². The standard InChI is InChI=1S/C15H22BrN5O/c1-6-20-10(3)13(8-18-20)7-17-15(22)12(5)21-11(4)14(16)9(2)19-21/h8,12H,6-7H2,1-5H3,(H,17,22). The van der Waals surface area contributed by atoms with Gasteiger partial charge >= 0.3 is 0 Å². The number of nitrogens with one attached hydrogen (secondary N) is 1. The van der Waals surface area contributed by atoms with Crippen LogP contribution in [0.15, 0.2) is 10.7 Å². The van der Waals surface area contributed by atoms with Crippen molar-refractivity contribution in [3.05, 3.63) is 33.3 Å². The van der Waals surface area contributed by atoms with Gasteiger partial charge in [0.2, 0.25) is 5.91 Å². The minimum atomic E-state index is -0.355. The molecule has 0 saturated carbocycles. The van der Waals surface area contributed by atoms with Gasteiger partial charge in [-0.2, -0.15) is 10.2 Å². The lowest BCUT2D eigenvalue weighted by atomic mass is 10.2. The molecule has 2 aromatic rings. The van der Waals surface area contributed by atoms with Crippen molar-refractivity contribution in [3.8, 4) is 0 Å². The van der Waals surface area contributed by atoms with Gasteiger partial charge in [-0.1, -0.05) is 0 Å². The van der Waals surface area contributed by atoms with Crippen molar-refractivity contribution in [2.45, 2.75) is 53.8 Å². The summed E-state index contributed by atoms with van der Waals surface area (Å²) in [7, 11) is 0. The molecule has 2 heterocycles. The van der Waals surface area contributed by atoms with Crippen molar-refractivity contribution in [1.29, 1.82) is 0 Å².